The number of nitrogens with two attached hydrogens (primary N) is 1. The lowest BCUT2D eigenvalue weighted by molar-refractivity contribution is -0.136. The minimum absolute atomic E-state index is 0.00148. The highest BCUT2D eigenvalue weighted by molar-refractivity contribution is 6.31. The molecule has 1 aromatic carbocycles. The summed E-state index contributed by atoms with van der Waals surface area (Å²) in [6.45, 7) is 0.406. The van der Waals surface area contributed by atoms with E-state index in [1.165, 1.54) is 7.11 Å². The second-order valence-corrected chi connectivity index (χ2v) is 7.59. The van der Waals surface area contributed by atoms with E-state index in [2.05, 4.69) is 10.1 Å². The van der Waals surface area contributed by atoms with E-state index in [9.17, 15) is 9.59 Å². The number of benzene rings is 1. The number of hydrogen-bond donors (Lipinski definition) is 2. The molecule has 6 nitrogen and oxygen atoms in total. The van der Waals surface area contributed by atoms with Crippen LogP contribution < -0.4 is 11.1 Å². The van der Waals surface area contributed by atoms with Crippen LogP contribution in [-0.2, 0) is 16.1 Å². The highest BCUT2D eigenvalue weighted by Crippen LogP contribution is 2.35. The fourth-order valence-electron chi connectivity index (χ4n) is 3.58. The second-order valence-electron chi connectivity index (χ2n) is 7.18. The van der Waals surface area contributed by atoms with Crippen molar-refractivity contribution < 1.29 is 14.3 Å². The van der Waals surface area contributed by atoms with Crippen LogP contribution >= 0.6 is 11.6 Å². The first-order chi connectivity index (χ1) is 12.5. The Kier molecular flexibility index (Phi) is 6.04. The lowest BCUT2D eigenvalue weighted by Crippen LogP contribution is -2.52. The Balaban J connectivity index is 1.82. The van der Waals surface area contributed by atoms with Gasteiger partial charge >= 0.3 is 6.09 Å². The number of nitrogens with zero attached hydrogens (tertiary/aromatic N) is 1. The summed E-state index contributed by atoms with van der Waals surface area (Å²) in [5.41, 5.74) is 7.73. The van der Waals surface area contributed by atoms with Gasteiger partial charge in [0.2, 0.25) is 5.91 Å². The molecule has 0 radical (unpaired) electrons. The van der Waals surface area contributed by atoms with Crippen LogP contribution in [-0.4, -0.2) is 36.1 Å². The smallest absolute Gasteiger partial charge is 0.411 e. The summed E-state index contributed by atoms with van der Waals surface area (Å²) in [5.74, 6) is 0.300. The van der Waals surface area contributed by atoms with Crippen LogP contribution in [0.2, 0.25) is 5.02 Å². The lowest BCUT2D eigenvalue weighted by atomic mass is 9.89. The molecule has 3 N–H and O–H groups in total. The van der Waals surface area contributed by atoms with Crippen LogP contribution in [0.3, 0.4) is 0 Å². The van der Waals surface area contributed by atoms with Gasteiger partial charge in [-0.05, 0) is 49.4 Å². The van der Waals surface area contributed by atoms with Crippen LogP contribution in [0.15, 0.2) is 18.2 Å². The summed E-state index contributed by atoms with van der Waals surface area (Å²) >= 11 is 6.37. The molecule has 0 heterocycles. The van der Waals surface area contributed by atoms with Crippen molar-refractivity contribution in [1.29, 1.82) is 0 Å². The van der Waals surface area contributed by atoms with Gasteiger partial charge in [-0.1, -0.05) is 24.4 Å². The number of methoxy groups -OCH3 is 1. The summed E-state index contributed by atoms with van der Waals surface area (Å²) in [4.78, 5) is 26.3. The average Bonchev–Trinajstić information content (AvgIpc) is 3.47. The predicted octanol–water partition coefficient (Wildman–Crippen LogP) is 3.53. The maximum Gasteiger partial charge on any atom is 0.411 e. The van der Waals surface area contributed by atoms with Crippen molar-refractivity contribution >= 4 is 29.3 Å². The van der Waals surface area contributed by atoms with Crippen LogP contribution in [0.4, 0.5) is 10.5 Å². The molecule has 3 rings (SSSR count). The summed E-state index contributed by atoms with van der Waals surface area (Å²) < 4.78 is 4.63. The number of nitrogens with one attached hydrogen (secondary N) is 1. The highest BCUT2D eigenvalue weighted by Gasteiger charge is 2.38. The number of carbonyl (C=O) groups is 2. The normalized spacial score (nSPS) is 22.6. The molecule has 2 saturated carbocycles. The largest absolute Gasteiger partial charge is 0.453 e. The predicted molar refractivity (Wildman–Crippen MR) is 101 cm³/mol. The van der Waals surface area contributed by atoms with Crippen molar-refractivity contribution in [3.05, 3.63) is 28.8 Å². The van der Waals surface area contributed by atoms with Gasteiger partial charge in [-0.3, -0.25) is 10.1 Å². The molecular formula is C19H26ClN3O3. The van der Waals surface area contributed by atoms with Crippen molar-refractivity contribution in [3.8, 4) is 0 Å². The van der Waals surface area contributed by atoms with Gasteiger partial charge in [-0.2, -0.15) is 0 Å². The van der Waals surface area contributed by atoms with E-state index in [-0.39, 0.29) is 23.9 Å². The molecule has 0 spiro atoms. The molecule has 2 aliphatic carbocycles. The van der Waals surface area contributed by atoms with Crippen molar-refractivity contribution in [1.82, 2.24) is 4.90 Å². The maximum atomic E-state index is 12.9. The van der Waals surface area contributed by atoms with Crippen molar-refractivity contribution in [2.75, 3.05) is 12.4 Å². The molecule has 1 aromatic rings. The fraction of sp³-hybridized carbons (Fsp3) is 0.579. The minimum atomic E-state index is -0.543. The highest BCUT2D eigenvalue weighted by atomic mass is 35.5. The first-order valence-electron chi connectivity index (χ1n) is 9.19. The molecule has 142 valence electrons. The van der Waals surface area contributed by atoms with E-state index in [0.717, 1.165) is 44.1 Å². The molecule has 0 bridgehead atoms. The Morgan fingerprint density at radius 3 is 2.65 bits per heavy atom. The van der Waals surface area contributed by atoms with Gasteiger partial charge in [0.25, 0.3) is 0 Å². The Morgan fingerprint density at radius 1 is 1.27 bits per heavy atom. The molecule has 0 aromatic heterocycles. The standard InChI is InChI=1S/C19H26ClN3O3/c1-26-19(25)22-14-8-9-15(20)13(10-14)11-23(18(24)12-6-7-12)17-5-3-2-4-16(17)21/h8-10,12,16-17H,2-7,11,21H2,1H3,(H,22,25). The molecule has 2 atom stereocenters. The number of halogens is 1. The molecule has 2 unspecified atom stereocenters. The Hall–Kier alpha value is -1.79. The Labute approximate surface area is 159 Å². The number of ether oxygens (including phenoxy) is 1. The van der Waals surface area contributed by atoms with Crippen LogP contribution in [0, 0.1) is 5.92 Å². The number of hydrogen-bond acceptors (Lipinski definition) is 4. The summed E-state index contributed by atoms with van der Waals surface area (Å²) in [6, 6.07) is 5.28. The molecular weight excluding hydrogens is 354 g/mol. The van der Waals surface area contributed by atoms with Gasteiger partial charge in [0.05, 0.1) is 7.11 Å². The molecule has 7 heteroatoms. The number of amides is 2. The molecule has 2 fully saturated rings. The molecule has 0 aliphatic heterocycles. The van der Waals surface area contributed by atoms with E-state index in [1.807, 2.05) is 4.90 Å². The van der Waals surface area contributed by atoms with Gasteiger partial charge in [-0.25, -0.2) is 4.79 Å². The number of carbonyl (C=O) groups excluding carboxylic acids is 2. The van der Waals surface area contributed by atoms with E-state index in [1.54, 1.807) is 18.2 Å². The Morgan fingerprint density at radius 2 is 2.00 bits per heavy atom. The van der Waals surface area contributed by atoms with E-state index < -0.39 is 6.09 Å². The zero-order valence-corrected chi connectivity index (χ0v) is 15.8. The summed E-state index contributed by atoms with van der Waals surface area (Å²) in [6.07, 6.45) is 5.43. The quantitative estimate of drug-likeness (QED) is 0.819. The number of rotatable bonds is 5. The zero-order chi connectivity index (χ0) is 18.7. The van der Waals surface area contributed by atoms with E-state index in [4.69, 9.17) is 17.3 Å². The van der Waals surface area contributed by atoms with Crippen molar-refractivity contribution in [2.24, 2.45) is 11.7 Å². The van der Waals surface area contributed by atoms with Gasteiger partial charge < -0.3 is 15.4 Å². The molecule has 26 heavy (non-hydrogen) atoms. The maximum absolute atomic E-state index is 12.9. The third-order valence-electron chi connectivity index (χ3n) is 5.21. The minimum Gasteiger partial charge on any atom is -0.453 e. The molecule has 2 aliphatic rings. The fourth-order valence-corrected chi connectivity index (χ4v) is 3.75. The van der Waals surface area contributed by atoms with Gasteiger partial charge in [0, 0.05) is 35.3 Å². The average molecular weight is 380 g/mol. The topological polar surface area (TPSA) is 84.7 Å². The third-order valence-corrected chi connectivity index (χ3v) is 5.58. The van der Waals surface area contributed by atoms with E-state index in [0.29, 0.717) is 17.3 Å². The van der Waals surface area contributed by atoms with Gasteiger partial charge in [-0.15, -0.1) is 0 Å². The molecule has 2 amide bonds. The van der Waals surface area contributed by atoms with Crippen molar-refractivity contribution in [3.63, 3.8) is 0 Å². The zero-order valence-electron chi connectivity index (χ0n) is 15.0. The van der Waals surface area contributed by atoms with Crippen LogP contribution in [0.25, 0.3) is 0 Å². The molecule has 0 saturated heterocycles. The third kappa shape index (κ3) is 4.48. The summed E-state index contributed by atoms with van der Waals surface area (Å²) in [5, 5.41) is 3.21. The van der Waals surface area contributed by atoms with Crippen LogP contribution in [0.1, 0.15) is 44.1 Å². The van der Waals surface area contributed by atoms with Gasteiger partial charge in [0.15, 0.2) is 0 Å². The summed E-state index contributed by atoms with van der Waals surface area (Å²) in [7, 11) is 1.31. The Bertz CT molecular complexity index is 678. The number of anilines is 1. The SMILES string of the molecule is COC(=O)Nc1ccc(Cl)c(CN(C(=O)C2CC2)C2CCCCC2N)c1. The van der Waals surface area contributed by atoms with Gasteiger partial charge in [0.1, 0.15) is 0 Å². The monoisotopic (exact) mass is 379 g/mol. The second kappa shape index (κ2) is 8.27. The van der Waals surface area contributed by atoms with E-state index >= 15 is 0 Å². The lowest BCUT2D eigenvalue weighted by Gasteiger charge is -2.39. The first kappa shape index (κ1) is 19.0. The van der Waals surface area contributed by atoms with Crippen molar-refractivity contribution in [2.45, 2.75) is 57.2 Å². The van der Waals surface area contributed by atoms with Crippen LogP contribution in [0.5, 0.6) is 0 Å². The first-order valence-corrected chi connectivity index (χ1v) is 9.57.